The van der Waals surface area contributed by atoms with E-state index in [4.69, 9.17) is 9.52 Å². The van der Waals surface area contributed by atoms with Crippen LogP contribution in [0, 0.1) is 19.8 Å². The van der Waals surface area contributed by atoms with E-state index < -0.39 is 5.97 Å². The van der Waals surface area contributed by atoms with Gasteiger partial charge in [0.05, 0.1) is 0 Å². The van der Waals surface area contributed by atoms with E-state index in [0.29, 0.717) is 18.1 Å². The van der Waals surface area contributed by atoms with E-state index in [1.165, 1.54) is 0 Å². The van der Waals surface area contributed by atoms with Gasteiger partial charge in [0.15, 0.2) is 5.76 Å². The van der Waals surface area contributed by atoms with Crippen molar-refractivity contribution in [1.82, 2.24) is 5.32 Å². The normalized spacial score (nSPS) is 12.2. The Hall–Kier alpha value is -1.78. The minimum Gasteiger partial charge on any atom is -0.481 e. The first-order valence-corrected chi connectivity index (χ1v) is 5.47. The van der Waals surface area contributed by atoms with Gasteiger partial charge >= 0.3 is 5.97 Å². The number of hydrogen-bond donors (Lipinski definition) is 2. The van der Waals surface area contributed by atoms with Crippen LogP contribution in [0.25, 0.3) is 0 Å². The first-order chi connectivity index (χ1) is 7.90. The maximum Gasteiger partial charge on any atom is 0.303 e. The Morgan fingerprint density at radius 3 is 2.59 bits per heavy atom. The highest BCUT2D eigenvalue weighted by atomic mass is 16.4. The van der Waals surface area contributed by atoms with Gasteiger partial charge in [-0.05, 0) is 25.8 Å². The van der Waals surface area contributed by atoms with Crippen molar-refractivity contribution in [2.75, 3.05) is 6.54 Å². The molecular weight excluding hydrogens is 222 g/mol. The van der Waals surface area contributed by atoms with Gasteiger partial charge in [-0.25, -0.2) is 0 Å². The standard InChI is InChI=1S/C12H17NO4/c1-7(4-10(14)15)6-13-12(16)11-8(2)5-9(3)17-11/h5,7H,4,6H2,1-3H3,(H,13,16)(H,14,15). The van der Waals surface area contributed by atoms with Gasteiger partial charge in [-0.2, -0.15) is 0 Å². The number of aliphatic carboxylic acids is 1. The molecule has 0 aromatic carbocycles. The van der Waals surface area contributed by atoms with Crippen LogP contribution in [0.15, 0.2) is 10.5 Å². The lowest BCUT2D eigenvalue weighted by atomic mass is 10.1. The van der Waals surface area contributed by atoms with Crippen LogP contribution in [0.3, 0.4) is 0 Å². The zero-order chi connectivity index (χ0) is 13.0. The summed E-state index contributed by atoms with van der Waals surface area (Å²) in [5.74, 6) is -0.284. The van der Waals surface area contributed by atoms with Crippen molar-refractivity contribution < 1.29 is 19.1 Å². The lowest BCUT2D eigenvalue weighted by Gasteiger charge is -2.09. The molecule has 1 atom stereocenters. The van der Waals surface area contributed by atoms with Crippen LogP contribution >= 0.6 is 0 Å². The van der Waals surface area contributed by atoms with Gasteiger partial charge in [-0.15, -0.1) is 0 Å². The predicted molar refractivity (Wildman–Crippen MR) is 61.9 cm³/mol. The fourth-order valence-electron chi connectivity index (χ4n) is 1.58. The number of carboxylic acid groups (broad SMARTS) is 1. The Balaban J connectivity index is 2.50. The Morgan fingerprint density at radius 2 is 2.12 bits per heavy atom. The number of amides is 1. The average molecular weight is 239 g/mol. The molecule has 0 saturated heterocycles. The minimum atomic E-state index is -0.864. The molecule has 5 heteroatoms. The van der Waals surface area contributed by atoms with Crippen molar-refractivity contribution in [2.45, 2.75) is 27.2 Å². The summed E-state index contributed by atoms with van der Waals surface area (Å²) in [6.07, 6.45) is 0.0381. The number of hydrogen-bond acceptors (Lipinski definition) is 3. The van der Waals surface area contributed by atoms with Crippen molar-refractivity contribution >= 4 is 11.9 Å². The second-order valence-electron chi connectivity index (χ2n) is 4.28. The smallest absolute Gasteiger partial charge is 0.303 e. The maximum absolute atomic E-state index is 11.7. The van der Waals surface area contributed by atoms with Crippen LogP contribution < -0.4 is 5.32 Å². The molecule has 0 fully saturated rings. The summed E-state index contributed by atoms with van der Waals surface area (Å²) in [5, 5.41) is 11.2. The Labute approximate surface area is 99.8 Å². The van der Waals surface area contributed by atoms with Crippen molar-refractivity contribution in [2.24, 2.45) is 5.92 Å². The molecule has 1 amide bonds. The first-order valence-electron chi connectivity index (χ1n) is 5.47. The third kappa shape index (κ3) is 3.94. The summed E-state index contributed by atoms with van der Waals surface area (Å²) in [7, 11) is 0. The predicted octanol–water partition coefficient (Wildman–Crippen LogP) is 1.74. The number of rotatable bonds is 5. The first kappa shape index (κ1) is 13.3. The van der Waals surface area contributed by atoms with Crippen LogP contribution in [0.5, 0.6) is 0 Å². The highest BCUT2D eigenvalue weighted by molar-refractivity contribution is 5.92. The molecule has 0 spiro atoms. The summed E-state index contributed by atoms with van der Waals surface area (Å²) in [4.78, 5) is 22.2. The van der Waals surface area contributed by atoms with Gasteiger partial charge in [0.2, 0.25) is 0 Å². The number of furan rings is 1. The second-order valence-corrected chi connectivity index (χ2v) is 4.28. The van der Waals surface area contributed by atoms with Gasteiger partial charge < -0.3 is 14.8 Å². The van der Waals surface area contributed by atoms with Gasteiger partial charge in [-0.1, -0.05) is 6.92 Å². The summed E-state index contributed by atoms with van der Waals surface area (Å²) in [5.41, 5.74) is 0.783. The summed E-state index contributed by atoms with van der Waals surface area (Å²) >= 11 is 0. The Bertz CT molecular complexity index is 422. The van der Waals surface area contributed by atoms with Crippen LogP contribution in [-0.2, 0) is 4.79 Å². The largest absolute Gasteiger partial charge is 0.481 e. The molecule has 1 aromatic heterocycles. The number of aryl methyl sites for hydroxylation is 2. The van der Waals surface area contributed by atoms with Gasteiger partial charge in [-0.3, -0.25) is 9.59 Å². The van der Waals surface area contributed by atoms with Gasteiger partial charge in [0.25, 0.3) is 5.91 Å². The zero-order valence-electron chi connectivity index (χ0n) is 10.2. The van der Waals surface area contributed by atoms with Crippen LogP contribution in [0.1, 0.15) is 35.2 Å². The van der Waals surface area contributed by atoms with E-state index in [0.717, 1.165) is 5.56 Å². The third-order valence-electron chi connectivity index (χ3n) is 2.38. The SMILES string of the molecule is Cc1cc(C)c(C(=O)NCC(C)CC(=O)O)o1. The fourth-order valence-corrected chi connectivity index (χ4v) is 1.58. The molecule has 2 N–H and O–H groups in total. The van der Waals surface area contributed by atoms with Crippen molar-refractivity contribution in [3.05, 3.63) is 23.2 Å². The van der Waals surface area contributed by atoms with E-state index in [9.17, 15) is 9.59 Å². The van der Waals surface area contributed by atoms with Crippen LogP contribution in [-0.4, -0.2) is 23.5 Å². The zero-order valence-corrected chi connectivity index (χ0v) is 10.2. The van der Waals surface area contributed by atoms with E-state index in [-0.39, 0.29) is 18.2 Å². The number of carboxylic acids is 1. The maximum atomic E-state index is 11.7. The summed E-state index contributed by atoms with van der Waals surface area (Å²) in [6.45, 7) is 5.67. The van der Waals surface area contributed by atoms with Crippen molar-refractivity contribution in [3.8, 4) is 0 Å². The molecule has 17 heavy (non-hydrogen) atoms. The molecule has 0 radical (unpaired) electrons. The number of nitrogens with one attached hydrogen (secondary N) is 1. The molecule has 0 aliphatic carbocycles. The van der Waals surface area contributed by atoms with E-state index in [1.807, 2.05) is 0 Å². The molecule has 5 nitrogen and oxygen atoms in total. The van der Waals surface area contributed by atoms with E-state index in [2.05, 4.69) is 5.32 Å². The molecule has 0 bridgehead atoms. The molecule has 1 aromatic rings. The highest BCUT2D eigenvalue weighted by Gasteiger charge is 2.15. The summed E-state index contributed by atoms with van der Waals surface area (Å²) < 4.78 is 5.26. The monoisotopic (exact) mass is 239 g/mol. The second kappa shape index (κ2) is 5.52. The Kier molecular flexibility index (Phi) is 4.31. The molecule has 94 valence electrons. The van der Waals surface area contributed by atoms with Crippen LogP contribution in [0.2, 0.25) is 0 Å². The third-order valence-corrected chi connectivity index (χ3v) is 2.38. The molecular formula is C12H17NO4. The molecule has 0 aliphatic rings. The summed E-state index contributed by atoms with van der Waals surface area (Å²) in [6, 6.07) is 1.79. The van der Waals surface area contributed by atoms with Gasteiger partial charge in [0, 0.05) is 18.5 Å². The molecule has 1 rings (SSSR count). The molecule has 0 aliphatic heterocycles. The lowest BCUT2D eigenvalue weighted by Crippen LogP contribution is -2.29. The molecule has 0 saturated carbocycles. The topological polar surface area (TPSA) is 79.5 Å². The van der Waals surface area contributed by atoms with E-state index in [1.54, 1.807) is 26.8 Å². The molecule has 1 heterocycles. The average Bonchev–Trinajstić information content (AvgIpc) is 2.53. The fraction of sp³-hybridized carbons (Fsp3) is 0.500. The van der Waals surface area contributed by atoms with Crippen molar-refractivity contribution in [1.29, 1.82) is 0 Å². The lowest BCUT2D eigenvalue weighted by molar-refractivity contribution is -0.137. The molecule has 1 unspecified atom stereocenters. The number of carbonyl (C=O) groups excluding carboxylic acids is 1. The quantitative estimate of drug-likeness (QED) is 0.820. The highest BCUT2D eigenvalue weighted by Crippen LogP contribution is 2.13. The van der Waals surface area contributed by atoms with E-state index >= 15 is 0 Å². The van der Waals surface area contributed by atoms with Gasteiger partial charge in [0.1, 0.15) is 5.76 Å². The Morgan fingerprint density at radius 1 is 1.47 bits per heavy atom. The minimum absolute atomic E-state index is 0.0381. The van der Waals surface area contributed by atoms with Crippen molar-refractivity contribution in [3.63, 3.8) is 0 Å². The number of carbonyl (C=O) groups is 2. The van der Waals surface area contributed by atoms with Crippen LogP contribution in [0.4, 0.5) is 0 Å².